The van der Waals surface area contributed by atoms with Crippen LogP contribution in [0.3, 0.4) is 0 Å². The first kappa shape index (κ1) is 16.4. The first-order valence-corrected chi connectivity index (χ1v) is 9.31. The number of ether oxygens (including phenoxy) is 1. The van der Waals surface area contributed by atoms with Crippen LogP contribution in [0, 0.1) is 35.5 Å². The average molecular weight is 365 g/mol. The second-order valence-corrected chi connectivity index (χ2v) is 7.97. The first-order valence-electron chi connectivity index (χ1n) is 9.31. The number of carbonyl (C=O) groups excluding carboxylic acids is 4. The Morgan fingerprint density at radius 3 is 2.07 bits per heavy atom. The van der Waals surface area contributed by atoms with E-state index in [9.17, 15) is 19.2 Å². The van der Waals surface area contributed by atoms with Crippen LogP contribution in [-0.4, -0.2) is 35.0 Å². The Bertz CT molecular complexity index is 866. The predicted molar refractivity (Wildman–Crippen MR) is 93.5 cm³/mol. The summed E-state index contributed by atoms with van der Waals surface area (Å²) >= 11 is 0. The number of nitrogens with zero attached hydrogens (tertiary/aromatic N) is 1. The molecule has 5 aliphatic rings. The molecule has 0 N–H and O–H groups in total. The second-order valence-electron chi connectivity index (χ2n) is 7.97. The zero-order valence-corrected chi connectivity index (χ0v) is 14.8. The number of hydrogen-bond acceptors (Lipinski definition) is 5. The maximum absolute atomic E-state index is 12.8. The van der Waals surface area contributed by atoms with Crippen LogP contribution in [0.25, 0.3) is 0 Å². The number of Topliss-reactive ketones (excluding diaryl/α,β-unsaturated/α-hetero) is 1. The SMILES string of the molecule is CC(=O)c1ccc(OC(=O)CN2C(=O)[C@@H]3[C@H]4C=C[C@@H]([C@@H]5C[C@@H]45)[C@@H]3C2=O)cc1. The first-order chi connectivity index (χ1) is 13.0. The van der Waals surface area contributed by atoms with Crippen LogP contribution < -0.4 is 4.74 Å². The van der Waals surface area contributed by atoms with E-state index in [1.807, 2.05) is 0 Å². The molecule has 6 atom stereocenters. The smallest absolute Gasteiger partial charge is 0.331 e. The van der Waals surface area contributed by atoms with Gasteiger partial charge in [0.05, 0.1) is 11.8 Å². The number of imide groups is 1. The Kier molecular flexibility index (Phi) is 3.41. The summed E-state index contributed by atoms with van der Waals surface area (Å²) in [6, 6.07) is 6.20. The van der Waals surface area contributed by atoms with Gasteiger partial charge in [0, 0.05) is 5.56 Å². The summed E-state index contributed by atoms with van der Waals surface area (Å²) in [6.07, 6.45) is 5.31. The monoisotopic (exact) mass is 365 g/mol. The van der Waals surface area contributed by atoms with Crippen molar-refractivity contribution in [1.82, 2.24) is 4.90 Å². The highest BCUT2D eigenvalue weighted by molar-refractivity contribution is 6.08. The van der Waals surface area contributed by atoms with E-state index in [0.29, 0.717) is 17.4 Å². The van der Waals surface area contributed by atoms with Crippen LogP contribution in [0.1, 0.15) is 23.7 Å². The highest BCUT2D eigenvalue weighted by atomic mass is 16.5. The summed E-state index contributed by atoms with van der Waals surface area (Å²) in [7, 11) is 0. The summed E-state index contributed by atoms with van der Waals surface area (Å²) in [5.41, 5.74) is 0.519. The molecule has 6 heteroatoms. The van der Waals surface area contributed by atoms with Crippen LogP contribution in [0.2, 0.25) is 0 Å². The maximum Gasteiger partial charge on any atom is 0.331 e. The van der Waals surface area contributed by atoms with Crippen molar-refractivity contribution < 1.29 is 23.9 Å². The Balaban J connectivity index is 1.29. The van der Waals surface area contributed by atoms with Crippen molar-refractivity contribution in [2.75, 3.05) is 6.54 Å². The number of esters is 1. The summed E-state index contributed by atoms with van der Waals surface area (Å²) < 4.78 is 5.25. The molecule has 6 nitrogen and oxygen atoms in total. The van der Waals surface area contributed by atoms with Crippen molar-refractivity contribution in [1.29, 1.82) is 0 Å². The fourth-order valence-corrected chi connectivity index (χ4v) is 5.23. The third-order valence-electron chi connectivity index (χ3n) is 6.53. The molecule has 6 rings (SSSR count). The van der Waals surface area contributed by atoms with Crippen molar-refractivity contribution in [3.8, 4) is 5.75 Å². The van der Waals surface area contributed by atoms with Crippen molar-refractivity contribution in [3.05, 3.63) is 42.0 Å². The average Bonchev–Trinajstić information content (AvgIpc) is 3.43. The maximum atomic E-state index is 12.8. The topological polar surface area (TPSA) is 80.8 Å². The lowest BCUT2D eigenvalue weighted by atomic mass is 9.63. The van der Waals surface area contributed by atoms with E-state index in [4.69, 9.17) is 4.74 Å². The van der Waals surface area contributed by atoms with Crippen LogP contribution in [-0.2, 0) is 14.4 Å². The van der Waals surface area contributed by atoms with Crippen LogP contribution in [0.15, 0.2) is 36.4 Å². The molecule has 1 aliphatic heterocycles. The van der Waals surface area contributed by atoms with Gasteiger partial charge in [-0.3, -0.25) is 19.3 Å². The van der Waals surface area contributed by atoms with E-state index < -0.39 is 5.97 Å². The third-order valence-corrected chi connectivity index (χ3v) is 6.53. The molecule has 2 saturated carbocycles. The quantitative estimate of drug-likeness (QED) is 0.267. The molecule has 0 aromatic heterocycles. The third kappa shape index (κ3) is 2.39. The zero-order chi connectivity index (χ0) is 18.9. The van der Waals surface area contributed by atoms with Crippen molar-refractivity contribution in [2.45, 2.75) is 13.3 Å². The van der Waals surface area contributed by atoms with Gasteiger partial charge in [0.25, 0.3) is 0 Å². The molecule has 0 unspecified atom stereocenters. The Labute approximate surface area is 156 Å². The van der Waals surface area contributed by atoms with E-state index in [0.717, 1.165) is 11.3 Å². The number of benzene rings is 1. The Morgan fingerprint density at radius 1 is 1.00 bits per heavy atom. The van der Waals surface area contributed by atoms with E-state index in [2.05, 4.69) is 12.2 Å². The minimum absolute atomic E-state index is 0.0787. The highest BCUT2D eigenvalue weighted by Crippen LogP contribution is 2.65. The number of hydrogen-bond donors (Lipinski definition) is 0. The minimum atomic E-state index is -0.656. The van der Waals surface area contributed by atoms with Crippen LogP contribution in [0.5, 0.6) is 5.75 Å². The molecule has 1 saturated heterocycles. The van der Waals surface area contributed by atoms with Gasteiger partial charge in [-0.15, -0.1) is 0 Å². The van der Waals surface area contributed by atoms with E-state index in [1.165, 1.54) is 19.1 Å². The molecule has 3 fully saturated rings. The number of carbonyl (C=O) groups is 4. The molecule has 27 heavy (non-hydrogen) atoms. The molecular weight excluding hydrogens is 346 g/mol. The summed E-state index contributed by atoms with van der Waals surface area (Å²) in [6.45, 7) is 1.09. The fourth-order valence-electron chi connectivity index (χ4n) is 5.23. The molecule has 2 amide bonds. The normalized spacial score (nSPS) is 35.1. The zero-order valence-electron chi connectivity index (χ0n) is 14.8. The summed E-state index contributed by atoms with van der Waals surface area (Å²) in [4.78, 5) is 50.3. The Morgan fingerprint density at radius 2 is 1.56 bits per heavy atom. The summed E-state index contributed by atoms with van der Waals surface area (Å²) in [5.74, 6) is -0.196. The van der Waals surface area contributed by atoms with E-state index in [-0.39, 0.29) is 53.6 Å². The number of ketones is 1. The second kappa shape index (κ2) is 5.62. The highest BCUT2D eigenvalue weighted by Gasteiger charge is 2.67. The molecule has 1 aromatic carbocycles. The van der Waals surface area contributed by atoms with E-state index in [1.54, 1.807) is 12.1 Å². The van der Waals surface area contributed by atoms with Gasteiger partial charge in [-0.05, 0) is 61.3 Å². The molecule has 2 bridgehead atoms. The molecule has 138 valence electrons. The van der Waals surface area contributed by atoms with Gasteiger partial charge in [-0.2, -0.15) is 0 Å². The number of likely N-dealkylation sites (tertiary alicyclic amines) is 1. The van der Waals surface area contributed by atoms with Gasteiger partial charge >= 0.3 is 5.97 Å². The lowest BCUT2D eigenvalue weighted by Gasteiger charge is -2.37. The van der Waals surface area contributed by atoms with E-state index >= 15 is 0 Å². The van der Waals surface area contributed by atoms with Crippen molar-refractivity contribution in [3.63, 3.8) is 0 Å². The fraction of sp³-hybridized carbons (Fsp3) is 0.429. The van der Waals surface area contributed by atoms with Gasteiger partial charge in [-0.25, -0.2) is 4.79 Å². The largest absolute Gasteiger partial charge is 0.425 e. The Hall–Kier alpha value is -2.76. The van der Waals surface area contributed by atoms with Gasteiger partial charge in [0.15, 0.2) is 5.78 Å². The molecule has 0 radical (unpaired) electrons. The summed E-state index contributed by atoms with van der Waals surface area (Å²) in [5, 5.41) is 0. The number of rotatable bonds is 4. The number of allylic oxidation sites excluding steroid dienone is 2. The molecule has 4 aliphatic carbocycles. The minimum Gasteiger partial charge on any atom is -0.425 e. The molecule has 1 heterocycles. The molecule has 0 spiro atoms. The molecule has 1 aromatic rings. The van der Waals surface area contributed by atoms with Crippen molar-refractivity contribution in [2.24, 2.45) is 35.5 Å². The lowest BCUT2D eigenvalue weighted by Crippen LogP contribution is -2.40. The van der Waals surface area contributed by atoms with Crippen LogP contribution in [0.4, 0.5) is 0 Å². The van der Waals surface area contributed by atoms with Gasteiger partial charge in [-0.1, -0.05) is 12.2 Å². The lowest BCUT2D eigenvalue weighted by molar-refractivity contribution is -0.148. The van der Waals surface area contributed by atoms with Crippen molar-refractivity contribution >= 4 is 23.6 Å². The van der Waals surface area contributed by atoms with Gasteiger partial charge in [0.1, 0.15) is 12.3 Å². The predicted octanol–water partition coefficient (Wildman–Crippen LogP) is 1.85. The van der Waals surface area contributed by atoms with Crippen LogP contribution >= 0.6 is 0 Å². The van der Waals surface area contributed by atoms with Gasteiger partial charge < -0.3 is 4.74 Å². The molecular formula is C21H19NO5. The number of amides is 2. The standard InChI is InChI=1S/C21H19NO5/c1-10(23)11-2-4-12(5-3-11)27-17(24)9-22-20(25)18-13-6-7-14(16-8-15(13)16)19(18)21(22)26/h2-7,13-16,18-19H,8-9H2,1H3/t13-,14-,15-,16-,18-,19+/m0/s1. The van der Waals surface area contributed by atoms with Gasteiger partial charge in [0.2, 0.25) is 11.8 Å².